The van der Waals surface area contributed by atoms with E-state index in [1.165, 1.54) is 19.4 Å². The maximum Gasteiger partial charge on any atom is 0.176 e. The number of ketones is 1. The molecule has 2 fully saturated rings. The molecule has 154 valence electrons. The van der Waals surface area contributed by atoms with Gasteiger partial charge in [-0.15, -0.1) is 24.8 Å². The number of halogens is 2. The average molecular weight is 419 g/mol. The number of hydrogen-bond donors (Lipinski definition) is 0. The summed E-state index contributed by atoms with van der Waals surface area (Å²) in [5.74, 6) is 1.01. The Morgan fingerprint density at radius 1 is 1.15 bits per heavy atom. The number of nitrogens with zero attached hydrogens (tertiary/aromatic N) is 2. The SMILES string of the molecule is CC1CCCN1CCCOc1ccc(C(=O)CN2CCOCC2)cc1.Cl.Cl. The van der Waals surface area contributed by atoms with Crippen LogP contribution in [0.15, 0.2) is 24.3 Å². The van der Waals surface area contributed by atoms with E-state index in [0.717, 1.165) is 63.2 Å². The molecule has 2 saturated heterocycles. The summed E-state index contributed by atoms with van der Waals surface area (Å²) >= 11 is 0. The van der Waals surface area contributed by atoms with Crippen molar-refractivity contribution in [1.82, 2.24) is 9.80 Å². The highest BCUT2D eigenvalue weighted by Gasteiger charge is 2.19. The second-order valence-corrected chi connectivity index (χ2v) is 7.07. The molecule has 0 N–H and O–H groups in total. The molecule has 0 spiro atoms. The highest BCUT2D eigenvalue weighted by molar-refractivity contribution is 5.97. The molecule has 2 heterocycles. The van der Waals surface area contributed by atoms with Crippen molar-refractivity contribution >= 4 is 30.6 Å². The van der Waals surface area contributed by atoms with Crippen molar-refractivity contribution in [2.45, 2.75) is 32.2 Å². The van der Waals surface area contributed by atoms with Gasteiger partial charge in [0.1, 0.15) is 5.75 Å². The van der Waals surface area contributed by atoms with E-state index in [0.29, 0.717) is 6.54 Å². The van der Waals surface area contributed by atoms with Crippen LogP contribution in [0.1, 0.15) is 36.5 Å². The lowest BCUT2D eigenvalue weighted by Crippen LogP contribution is -2.39. The van der Waals surface area contributed by atoms with Gasteiger partial charge in [-0.05, 0) is 57.0 Å². The second-order valence-electron chi connectivity index (χ2n) is 7.07. The summed E-state index contributed by atoms with van der Waals surface area (Å²) in [5, 5.41) is 0. The van der Waals surface area contributed by atoms with Crippen LogP contribution in [0, 0.1) is 0 Å². The number of rotatable bonds is 8. The fourth-order valence-electron chi connectivity index (χ4n) is 3.57. The number of Topliss-reactive ketones (excluding diaryl/α,β-unsaturated/α-hetero) is 1. The molecule has 1 aromatic rings. The Morgan fingerprint density at radius 2 is 1.85 bits per heavy atom. The highest BCUT2D eigenvalue weighted by Crippen LogP contribution is 2.17. The number of likely N-dealkylation sites (tertiary alicyclic amines) is 1. The Kier molecular flexibility index (Phi) is 11.3. The Labute approximate surface area is 175 Å². The summed E-state index contributed by atoms with van der Waals surface area (Å²) < 4.78 is 11.1. The van der Waals surface area contributed by atoms with Crippen molar-refractivity contribution in [3.63, 3.8) is 0 Å². The molecule has 7 heteroatoms. The van der Waals surface area contributed by atoms with Crippen LogP contribution in [0.5, 0.6) is 5.75 Å². The minimum Gasteiger partial charge on any atom is -0.494 e. The fraction of sp³-hybridized carbons (Fsp3) is 0.650. The molecule has 0 aliphatic carbocycles. The van der Waals surface area contributed by atoms with Crippen LogP contribution in [-0.4, -0.2) is 74.2 Å². The van der Waals surface area contributed by atoms with E-state index in [-0.39, 0.29) is 30.6 Å². The van der Waals surface area contributed by atoms with E-state index in [2.05, 4.69) is 16.7 Å². The molecular weight excluding hydrogens is 387 g/mol. The van der Waals surface area contributed by atoms with Crippen molar-refractivity contribution in [2.75, 3.05) is 52.5 Å². The third kappa shape index (κ3) is 7.59. The zero-order chi connectivity index (χ0) is 17.5. The van der Waals surface area contributed by atoms with Gasteiger partial charge in [-0.2, -0.15) is 0 Å². The smallest absolute Gasteiger partial charge is 0.176 e. The minimum atomic E-state index is 0. The average Bonchev–Trinajstić information content (AvgIpc) is 3.05. The van der Waals surface area contributed by atoms with Crippen molar-refractivity contribution in [1.29, 1.82) is 0 Å². The lowest BCUT2D eigenvalue weighted by molar-refractivity contribution is 0.0371. The van der Waals surface area contributed by atoms with Crippen LogP contribution in [0.4, 0.5) is 0 Å². The topological polar surface area (TPSA) is 42.0 Å². The van der Waals surface area contributed by atoms with E-state index < -0.39 is 0 Å². The molecule has 27 heavy (non-hydrogen) atoms. The summed E-state index contributed by atoms with van der Waals surface area (Å²) in [6.07, 6.45) is 3.69. The minimum absolute atomic E-state index is 0. The molecule has 0 bridgehead atoms. The number of benzene rings is 1. The third-order valence-electron chi connectivity index (χ3n) is 5.20. The monoisotopic (exact) mass is 418 g/mol. The number of carbonyl (C=O) groups excluding carboxylic acids is 1. The molecule has 5 nitrogen and oxygen atoms in total. The van der Waals surface area contributed by atoms with E-state index in [4.69, 9.17) is 9.47 Å². The van der Waals surface area contributed by atoms with Crippen molar-refractivity contribution in [3.05, 3.63) is 29.8 Å². The third-order valence-corrected chi connectivity index (χ3v) is 5.20. The van der Waals surface area contributed by atoms with E-state index in [1.54, 1.807) is 0 Å². The standard InChI is InChI=1S/C20H30N2O3.2ClH/c1-17-4-2-9-22(17)10-3-13-25-19-7-5-18(6-8-19)20(23)16-21-11-14-24-15-12-21;;/h5-8,17H,2-4,9-16H2,1H3;2*1H. The van der Waals surface area contributed by atoms with Gasteiger partial charge in [0.2, 0.25) is 0 Å². The van der Waals surface area contributed by atoms with Crippen LogP contribution in [0.25, 0.3) is 0 Å². The molecule has 0 amide bonds. The van der Waals surface area contributed by atoms with Crippen LogP contribution < -0.4 is 4.74 Å². The zero-order valence-electron chi connectivity index (χ0n) is 16.1. The summed E-state index contributed by atoms with van der Waals surface area (Å²) in [6.45, 7) is 8.94. The van der Waals surface area contributed by atoms with E-state index >= 15 is 0 Å². The number of ether oxygens (including phenoxy) is 2. The number of carbonyl (C=O) groups is 1. The normalized spacial score (nSPS) is 20.6. The van der Waals surface area contributed by atoms with Crippen molar-refractivity contribution in [2.24, 2.45) is 0 Å². The molecular formula is C20H32Cl2N2O3. The molecule has 1 aromatic carbocycles. The van der Waals surface area contributed by atoms with Crippen LogP contribution >= 0.6 is 24.8 Å². The first-order valence-corrected chi connectivity index (χ1v) is 9.52. The highest BCUT2D eigenvalue weighted by atomic mass is 35.5. The van der Waals surface area contributed by atoms with Gasteiger partial charge in [-0.25, -0.2) is 0 Å². The first kappa shape index (κ1) is 24.2. The molecule has 2 aliphatic rings. The number of morpholine rings is 1. The zero-order valence-corrected chi connectivity index (χ0v) is 17.7. The van der Waals surface area contributed by atoms with E-state index in [1.807, 2.05) is 24.3 Å². The molecule has 0 radical (unpaired) electrons. The van der Waals surface area contributed by atoms with Gasteiger partial charge >= 0.3 is 0 Å². The molecule has 0 saturated carbocycles. The van der Waals surface area contributed by atoms with Gasteiger partial charge in [0.25, 0.3) is 0 Å². The largest absolute Gasteiger partial charge is 0.494 e. The molecule has 2 aliphatic heterocycles. The van der Waals surface area contributed by atoms with Gasteiger partial charge in [0, 0.05) is 31.2 Å². The Balaban J connectivity index is 0.00000182. The van der Waals surface area contributed by atoms with Gasteiger partial charge < -0.3 is 14.4 Å². The predicted molar refractivity (Wildman–Crippen MR) is 113 cm³/mol. The Hall–Kier alpha value is -0.850. The number of hydrogen-bond acceptors (Lipinski definition) is 5. The summed E-state index contributed by atoms with van der Waals surface area (Å²) in [5.41, 5.74) is 0.754. The summed E-state index contributed by atoms with van der Waals surface area (Å²) in [6, 6.07) is 8.29. The van der Waals surface area contributed by atoms with Crippen LogP contribution in [0.3, 0.4) is 0 Å². The van der Waals surface area contributed by atoms with Crippen molar-refractivity contribution in [3.8, 4) is 5.75 Å². The molecule has 3 rings (SSSR count). The second kappa shape index (κ2) is 12.6. The first-order chi connectivity index (χ1) is 12.2. The van der Waals surface area contributed by atoms with Gasteiger partial charge in [-0.1, -0.05) is 0 Å². The predicted octanol–water partition coefficient (Wildman–Crippen LogP) is 3.30. The maximum atomic E-state index is 12.3. The summed E-state index contributed by atoms with van der Waals surface area (Å²) in [4.78, 5) is 17.0. The van der Waals surface area contributed by atoms with Crippen molar-refractivity contribution < 1.29 is 14.3 Å². The van der Waals surface area contributed by atoms with Crippen LogP contribution in [-0.2, 0) is 4.74 Å². The lowest BCUT2D eigenvalue weighted by Gasteiger charge is -2.25. The quantitative estimate of drug-likeness (QED) is 0.478. The molecule has 1 atom stereocenters. The van der Waals surface area contributed by atoms with Crippen LogP contribution in [0.2, 0.25) is 0 Å². The first-order valence-electron chi connectivity index (χ1n) is 9.52. The van der Waals surface area contributed by atoms with E-state index in [9.17, 15) is 4.79 Å². The molecule has 1 unspecified atom stereocenters. The Bertz CT molecular complexity index is 551. The van der Waals surface area contributed by atoms with Gasteiger partial charge in [0.05, 0.1) is 26.4 Å². The van der Waals surface area contributed by atoms with Gasteiger partial charge in [-0.3, -0.25) is 9.69 Å². The van der Waals surface area contributed by atoms with Gasteiger partial charge in [0.15, 0.2) is 5.78 Å². The maximum absolute atomic E-state index is 12.3. The fourth-order valence-corrected chi connectivity index (χ4v) is 3.57. The Morgan fingerprint density at radius 3 is 2.48 bits per heavy atom. The lowest BCUT2D eigenvalue weighted by atomic mass is 10.1. The summed E-state index contributed by atoms with van der Waals surface area (Å²) in [7, 11) is 0. The molecule has 0 aromatic heterocycles.